The number of hydrogen-bond acceptors (Lipinski definition) is 6. The standard InChI is InChI=1S/C19H25N3O4/c1-11(2)17(18(23)24)16-8-15(22-26-16)13-6-4-12(5-7-13)14-9-20-19(25-3)21-10-14/h8-13,17H,4-7H2,1-3H3,(H,23,24). The van der Waals surface area contributed by atoms with Gasteiger partial charge in [0.2, 0.25) is 0 Å². The summed E-state index contributed by atoms with van der Waals surface area (Å²) in [5.74, 6) is -0.363. The molecule has 7 nitrogen and oxygen atoms in total. The Morgan fingerprint density at radius 1 is 1.19 bits per heavy atom. The first-order valence-corrected chi connectivity index (χ1v) is 9.04. The second-order valence-corrected chi connectivity index (χ2v) is 7.27. The lowest BCUT2D eigenvalue weighted by Crippen LogP contribution is -2.17. The van der Waals surface area contributed by atoms with Crippen LogP contribution in [0.4, 0.5) is 0 Å². The topological polar surface area (TPSA) is 98.3 Å². The maximum atomic E-state index is 11.5. The fourth-order valence-corrected chi connectivity index (χ4v) is 3.74. The lowest BCUT2D eigenvalue weighted by molar-refractivity contribution is -0.140. The van der Waals surface area contributed by atoms with Crippen LogP contribution < -0.4 is 4.74 Å². The molecule has 1 N–H and O–H groups in total. The van der Waals surface area contributed by atoms with E-state index < -0.39 is 11.9 Å². The van der Waals surface area contributed by atoms with Crippen LogP contribution in [0.2, 0.25) is 0 Å². The van der Waals surface area contributed by atoms with E-state index in [0.29, 0.717) is 23.6 Å². The van der Waals surface area contributed by atoms with Gasteiger partial charge in [-0.25, -0.2) is 9.97 Å². The fourth-order valence-electron chi connectivity index (χ4n) is 3.74. The minimum Gasteiger partial charge on any atom is -0.481 e. The molecular formula is C19H25N3O4. The average molecular weight is 359 g/mol. The van der Waals surface area contributed by atoms with Gasteiger partial charge < -0.3 is 14.4 Å². The van der Waals surface area contributed by atoms with Crippen LogP contribution in [-0.4, -0.2) is 33.3 Å². The summed E-state index contributed by atoms with van der Waals surface area (Å²) in [7, 11) is 1.56. The molecule has 26 heavy (non-hydrogen) atoms. The van der Waals surface area contributed by atoms with Crippen LogP contribution in [0.5, 0.6) is 6.01 Å². The molecule has 0 spiro atoms. The molecule has 1 aliphatic carbocycles. The van der Waals surface area contributed by atoms with E-state index in [1.807, 2.05) is 32.3 Å². The molecular weight excluding hydrogens is 334 g/mol. The van der Waals surface area contributed by atoms with E-state index in [0.717, 1.165) is 36.9 Å². The van der Waals surface area contributed by atoms with Crippen LogP contribution in [0.1, 0.15) is 74.3 Å². The highest BCUT2D eigenvalue weighted by molar-refractivity contribution is 5.75. The van der Waals surface area contributed by atoms with E-state index in [4.69, 9.17) is 9.26 Å². The maximum Gasteiger partial charge on any atom is 0.316 e. The van der Waals surface area contributed by atoms with Crippen molar-refractivity contribution >= 4 is 5.97 Å². The zero-order chi connectivity index (χ0) is 18.7. The van der Waals surface area contributed by atoms with Crippen molar-refractivity contribution < 1.29 is 19.2 Å². The van der Waals surface area contributed by atoms with Gasteiger partial charge >= 0.3 is 12.0 Å². The van der Waals surface area contributed by atoms with E-state index in [1.165, 1.54) is 0 Å². The Kier molecular flexibility index (Phi) is 5.54. The summed E-state index contributed by atoms with van der Waals surface area (Å²) in [6, 6.07) is 2.22. The van der Waals surface area contributed by atoms with Crippen molar-refractivity contribution in [3.8, 4) is 6.01 Å². The van der Waals surface area contributed by atoms with Gasteiger partial charge in [-0.3, -0.25) is 4.79 Å². The summed E-state index contributed by atoms with van der Waals surface area (Å²) in [6.07, 6.45) is 7.70. The summed E-state index contributed by atoms with van der Waals surface area (Å²) in [5.41, 5.74) is 2.01. The van der Waals surface area contributed by atoms with Crippen molar-refractivity contribution in [2.24, 2.45) is 5.92 Å². The lowest BCUT2D eigenvalue weighted by Gasteiger charge is -2.27. The summed E-state index contributed by atoms with van der Waals surface area (Å²) < 4.78 is 10.4. The number of methoxy groups -OCH3 is 1. The predicted octanol–water partition coefficient (Wildman–Crippen LogP) is 3.74. The summed E-state index contributed by atoms with van der Waals surface area (Å²) >= 11 is 0. The molecule has 0 aromatic carbocycles. The van der Waals surface area contributed by atoms with Gasteiger partial charge in [-0.05, 0) is 43.1 Å². The number of carboxylic acids is 1. The number of carboxylic acid groups (broad SMARTS) is 1. The first kappa shape index (κ1) is 18.4. The minimum absolute atomic E-state index is 0.0425. The lowest BCUT2D eigenvalue weighted by atomic mass is 9.78. The Morgan fingerprint density at radius 2 is 1.81 bits per heavy atom. The van der Waals surface area contributed by atoms with E-state index >= 15 is 0 Å². The number of rotatable bonds is 6. The van der Waals surface area contributed by atoms with Gasteiger partial charge in [0.25, 0.3) is 0 Å². The second kappa shape index (κ2) is 7.85. The van der Waals surface area contributed by atoms with Gasteiger partial charge in [-0.2, -0.15) is 0 Å². The number of aromatic nitrogens is 3. The highest BCUT2D eigenvalue weighted by Gasteiger charge is 2.31. The second-order valence-electron chi connectivity index (χ2n) is 7.27. The molecule has 7 heteroatoms. The molecule has 2 aromatic rings. The summed E-state index contributed by atoms with van der Waals surface area (Å²) in [6.45, 7) is 3.76. The molecule has 0 radical (unpaired) electrons. The third-order valence-electron chi connectivity index (χ3n) is 5.23. The van der Waals surface area contributed by atoms with E-state index in [2.05, 4.69) is 15.1 Å². The zero-order valence-electron chi connectivity index (χ0n) is 15.4. The Balaban J connectivity index is 1.64. The molecule has 2 heterocycles. The smallest absolute Gasteiger partial charge is 0.316 e. The van der Waals surface area contributed by atoms with Gasteiger partial charge in [-0.15, -0.1) is 0 Å². The van der Waals surface area contributed by atoms with Crippen LogP contribution in [0.3, 0.4) is 0 Å². The molecule has 140 valence electrons. The monoisotopic (exact) mass is 359 g/mol. The van der Waals surface area contributed by atoms with Gasteiger partial charge in [-0.1, -0.05) is 19.0 Å². The molecule has 0 bridgehead atoms. The molecule has 0 saturated heterocycles. The van der Waals surface area contributed by atoms with Crippen LogP contribution in [0.15, 0.2) is 23.0 Å². The number of aliphatic carboxylic acids is 1. The molecule has 1 aliphatic rings. The minimum atomic E-state index is -0.870. The van der Waals surface area contributed by atoms with Crippen LogP contribution in [0.25, 0.3) is 0 Å². The van der Waals surface area contributed by atoms with Crippen molar-refractivity contribution in [2.45, 2.75) is 57.3 Å². The highest BCUT2D eigenvalue weighted by atomic mass is 16.5. The summed E-state index contributed by atoms with van der Waals surface area (Å²) in [5, 5.41) is 13.6. The first-order valence-electron chi connectivity index (χ1n) is 9.04. The molecule has 1 fully saturated rings. The highest BCUT2D eigenvalue weighted by Crippen LogP contribution is 2.40. The average Bonchev–Trinajstić information content (AvgIpc) is 3.11. The molecule has 1 atom stereocenters. The number of ether oxygens (including phenoxy) is 1. The quantitative estimate of drug-likeness (QED) is 0.839. The van der Waals surface area contributed by atoms with Gasteiger partial charge in [0, 0.05) is 24.4 Å². The van der Waals surface area contributed by atoms with Gasteiger partial charge in [0.1, 0.15) is 5.92 Å². The van der Waals surface area contributed by atoms with E-state index in [9.17, 15) is 9.90 Å². The van der Waals surface area contributed by atoms with Crippen molar-refractivity contribution in [1.82, 2.24) is 15.1 Å². The van der Waals surface area contributed by atoms with Gasteiger partial charge in [0.15, 0.2) is 5.76 Å². The Bertz CT molecular complexity index is 733. The number of nitrogens with zero attached hydrogens (tertiary/aromatic N) is 3. The molecule has 1 unspecified atom stereocenters. The molecule has 1 saturated carbocycles. The van der Waals surface area contributed by atoms with E-state index in [-0.39, 0.29) is 5.92 Å². The molecule has 3 rings (SSSR count). The number of carbonyl (C=O) groups is 1. The first-order chi connectivity index (χ1) is 12.5. The van der Waals surface area contributed by atoms with Crippen molar-refractivity contribution in [1.29, 1.82) is 0 Å². The molecule has 2 aromatic heterocycles. The van der Waals surface area contributed by atoms with Crippen LogP contribution in [-0.2, 0) is 4.79 Å². The van der Waals surface area contributed by atoms with Crippen molar-refractivity contribution in [3.63, 3.8) is 0 Å². The molecule has 0 aliphatic heterocycles. The third kappa shape index (κ3) is 3.86. The van der Waals surface area contributed by atoms with Crippen LogP contribution in [0, 0.1) is 5.92 Å². The maximum absolute atomic E-state index is 11.5. The van der Waals surface area contributed by atoms with Gasteiger partial charge in [0.05, 0.1) is 12.8 Å². The van der Waals surface area contributed by atoms with Crippen LogP contribution >= 0.6 is 0 Å². The van der Waals surface area contributed by atoms with E-state index in [1.54, 1.807) is 7.11 Å². The third-order valence-corrected chi connectivity index (χ3v) is 5.23. The Morgan fingerprint density at radius 3 is 2.35 bits per heavy atom. The Hall–Kier alpha value is -2.44. The fraction of sp³-hybridized carbons (Fsp3) is 0.579. The predicted molar refractivity (Wildman–Crippen MR) is 94.3 cm³/mol. The normalized spacial score (nSPS) is 21.5. The van der Waals surface area contributed by atoms with Crippen molar-refractivity contribution in [3.05, 3.63) is 35.5 Å². The largest absolute Gasteiger partial charge is 0.481 e. The molecule has 0 amide bonds. The summed E-state index contributed by atoms with van der Waals surface area (Å²) in [4.78, 5) is 19.8. The van der Waals surface area contributed by atoms with Crippen molar-refractivity contribution in [2.75, 3.05) is 7.11 Å². The SMILES string of the molecule is COc1ncc(C2CCC(c3cc(C(C(=O)O)C(C)C)on3)CC2)cn1. The Labute approximate surface area is 152 Å². The zero-order valence-corrected chi connectivity index (χ0v) is 15.4. The number of hydrogen-bond donors (Lipinski definition) is 1.